The minimum atomic E-state index is -0.215. The van der Waals surface area contributed by atoms with E-state index in [0.29, 0.717) is 11.3 Å². The van der Waals surface area contributed by atoms with E-state index in [2.05, 4.69) is 16.0 Å². The molecule has 0 radical (unpaired) electrons. The standard InChI is InChI=1S/C13H11N3O/c1-10(12-4-2-3-6-16-12)17-13-9-15-7-5-11(13)8-14/h2-7,9-10H,1H3/t10-/m0/s1. The van der Waals surface area contributed by atoms with E-state index < -0.39 is 0 Å². The summed E-state index contributed by atoms with van der Waals surface area (Å²) >= 11 is 0. The molecule has 0 N–H and O–H groups in total. The molecule has 2 heterocycles. The Morgan fingerprint density at radius 2 is 2.18 bits per heavy atom. The maximum Gasteiger partial charge on any atom is 0.156 e. The average molecular weight is 225 g/mol. The van der Waals surface area contributed by atoms with Gasteiger partial charge < -0.3 is 4.74 Å². The summed E-state index contributed by atoms with van der Waals surface area (Å²) in [5.74, 6) is 0.480. The van der Waals surface area contributed by atoms with Crippen molar-refractivity contribution < 1.29 is 4.74 Å². The van der Waals surface area contributed by atoms with Crippen molar-refractivity contribution in [2.24, 2.45) is 0 Å². The molecular weight excluding hydrogens is 214 g/mol. The minimum absolute atomic E-state index is 0.215. The number of aromatic nitrogens is 2. The summed E-state index contributed by atoms with van der Waals surface area (Å²) in [6.07, 6.45) is 4.60. The van der Waals surface area contributed by atoms with Crippen molar-refractivity contribution >= 4 is 0 Å². The van der Waals surface area contributed by atoms with Gasteiger partial charge in [0.15, 0.2) is 5.75 Å². The molecule has 2 rings (SSSR count). The van der Waals surface area contributed by atoms with Crippen LogP contribution in [0.1, 0.15) is 24.3 Å². The van der Waals surface area contributed by atoms with Gasteiger partial charge in [0.2, 0.25) is 0 Å². The molecule has 2 aromatic rings. The van der Waals surface area contributed by atoms with Crippen molar-refractivity contribution in [3.05, 3.63) is 54.1 Å². The molecule has 0 spiro atoms. The highest BCUT2D eigenvalue weighted by Gasteiger charge is 2.10. The molecule has 0 bridgehead atoms. The first-order valence-electron chi connectivity index (χ1n) is 5.23. The molecule has 1 atom stereocenters. The molecule has 0 aromatic carbocycles. The summed E-state index contributed by atoms with van der Waals surface area (Å²) in [6, 6.07) is 9.32. The van der Waals surface area contributed by atoms with Crippen LogP contribution in [0.3, 0.4) is 0 Å². The fourth-order valence-corrected chi connectivity index (χ4v) is 1.43. The van der Waals surface area contributed by atoms with E-state index in [1.807, 2.05) is 25.1 Å². The number of pyridine rings is 2. The Morgan fingerprint density at radius 3 is 2.88 bits per heavy atom. The van der Waals surface area contributed by atoms with Gasteiger partial charge in [0.05, 0.1) is 17.5 Å². The van der Waals surface area contributed by atoms with Gasteiger partial charge in [-0.25, -0.2) is 0 Å². The fraction of sp³-hybridized carbons (Fsp3) is 0.154. The molecular formula is C13H11N3O. The van der Waals surface area contributed by atoms with E-state index in [1.54, 1.807) is 18.5 Å². The zero-order valence-electron chi connectivity index (χ0n) is 9.37. The van der Waals surface area contributed by atoms with E-state index in [-0.39, 0.29) is 6.10 Å². The summed E-state index contributed by atoms with van der Waals surface area (Å²) in [4.78, 5) is 8.15. The van der Waals surface area contributed by atoms with Crippen LogP contribution in [0.2, 0.25) is 0 Å². The molecule has 0 aliphatic heterocycles. The van der Waals surface area contributed by atoms with Gasteiger partial charge in [-0.05, 0) is 25.1 Å². The lowest BCUT2D eigenvalue weighted by Crippen LogP contribution is -2.06. The Labute approximate surface area is 99.5 Å². The van der Waals surface area contributed by atoms with E-state index in [9.17, 15) is 0 Å². The Balaban J connectivity index is 2.19. The van der Waals surface area contributed by atoms with Crippen LogP contribution in [0.5, 0.6) is 5.75 Å². The van der Waals surface area contributed by atoms with Gasteiger partial charge >= 0.3 is 0 Å². The van der Waals surface area contributed by atoms with E-state index in [0.717, 1.165) is 5.69 Å². The zero-order valence-corrected chi connectivity index (χ0v) is 9.37. The van der Waals surface area contributed by atoms with E-state index in [4.69, 9.17) is 10.00 Å². The fourth-order valence-electron chi connectivity index (χ4n) is 1.43. The quantitative estimate of drug-likeness (QED) is 0.805. The monoisotopic (exact) mass is 225 g/mol. The smallest absolute Gasteiger partial charge is 0.156 e. The molecule has 4 heteroatoms. The maximum absolute atomic E-state index is 8.93. The van der Waals surface area contributed by atoms with Gasteiger partial charge in [-0.1, -0.05) is 6.07 Å². The highest BCUT2D eigenvalue weighted by molar-refractivity contribution is 5.40. The van der Waals surface area contributed by atoms with Gasteiger partial charge in [0, 0.05) is 12.4 Å². The first-order valence-corrected chi connectivity index (χ1v) is 5.23. The first-order chi connectivity index (χ1) is 8.31. The molecule has 84 valence electrons. The largest absolute Gasteiger partial charge is 0.481 e. The lowest BCUT2D eigenvalue weighted by atomic mass is 10.2. The van der Waals surface area contributed by atoms with Crippen LogP contribution in [0, 0.1) is 11.3 Å². The third-order valence-electron chi connectivity index (χ3n) is 2.31. The molecule has 4 nitrogen and oxygen atoms in total. The normalized spacial score (nSPS) is 11.5. The van der Waals surface area contributed by atoms with Crippen molar-refractivity contribution in [3.8, 4) is 11.8 Å². The molecule has 0 aliphatic rings. The third-order valence-corrected chi connectivity index (χ3v) is 2.31. The maximum atomic E-state index is 8.93. The second-order valence-corrected chi connectivity index (χ2v) is 3.50. The molecule has 0 aliphatic carbocycles. The molecule has 0 amide bonds. The van der Waals surface area contributed by atoms with Crippen LogP contribution in [0.4, 0.5) is 0 Å². The zero-order chi connectivity index (χ0) is 12.1. The van der Waals surface area contributed by atoms with Gasteiger partial charge in [-0.2, -0.15) is 5.26 Å². The van der Waals surface area contributed by atoms with Gasteiger partial charge in [0.25, 0.3) is 0 Å². The second-order valence-electron chi connectivity index (χ2n) is 3.50. The van der Waals surface area contributed by atoms with Gasteiger partial charge in [-0.3, -0.25) is 9.97 Å². The average Bonchev–Trinajstić information content (AvgIpc) is 2.40. The summed E-state index contributed by atoms with van der Waals surface area (Å²) in [5, 5.41) is 8.93. The van der Waals surface area contributed by atoms with Crippen molar-refractivity contribution in [1.82, 2.24) is 9.97 Å². The number of rotatable bonds is 3. The van der Waals surface area contributed by atoms with Crippen LogP contribution in [0.15, 0.2) is 42.9 Å². The summed E-state index contributed by atoms with van der Waals surface area (Å²) in [7, 11) is 0. The molecule has 0 saturated heterocycles. The molecule has 0 saturated carbocycles. The minimum Gasteiger partial charge on any atom is -0.481 e. The highest BCUT2D eigenvalue weighted by Crippen LogP contribution is 2.22. The summed E-state index contributed by atoms with van der Waals surface area (Å²) in [6.45, 7) is 1.89. The van der Waals surface area contributed by atoms with Crippen molar-refractivity contribution in [3.63, 3.8) is 0 Å². The van der Waals surface area contributed by atoms with Crippen LogP contribution >= 0.6 is 0 Å². The van der Waals surface area contributed by atoms with Crippen molar-refractivity contribution in [2.45, 2.75) is 13.0 Å². The number of hydrogen-bond acceptors (Lipinski definition) is 4. The Morgan fingerprint density at radius 1 is 1.29 bits per heavy atom. The molecule has 17 heavy (non-hydrogen) atoms. The lowest BCUT2D eigenvalue weighted by molar-refractivity contribution is 0.220. The van der Waals surface area contributed by atoms with Crippen molar-refractivity contribution in [1.29, 1.82) is 5.26 Å². The van der Waals surface area contributed by atoms with Crippen LogP contribution in [-0.4, -0.2) is 9.97 Å². The Hall–Kier alpha value is -2.41. The van der Waals surface area contributed by atoms with Gasteiger partial charge in [0.1, 0.15) is 12.2 Å². The first kappa shape index (κ1) is 11.1. The van der Waals surface area contributed by atoms with Crippen LogP contribution in [-0.2, 0) is 0 Å². The highest BCUT2D eigenvalue weighted by atomic mass is 16.5. The van der Waals surface area contributed by atoms with Gasteiger partial charge in [-0.15, -0.1) is 0 Å². The topological polar surface area (TPSA) is 58.8 Å². The number of ether oxygens (including phenoxy) is 1. The summed E-state index contributed by atoms with van der Waals surface area (Å²) < 4.78 is 5.67. The third kappa shape index (κ3) is 2.58. The van der Waals surface area contributed by atoms with Crippen molar-refractivity contribution in [2.75, 3.05) is 0 Å². The predicted molar refractivity (Wildman–Crippen MR) is 62.2 cm³/mol. The second kappa shape index (κ2) is 5.08. The number of nitriles is 1. The summed E-state index contributed by atoms with van der Waals surface area (Å²) in [5.41, 5.74) is 1.29. The van der Waals surface area contributed by atoms with Crippen LogP contribution in [0.25, 0.3) is 0 Å². The lowest BCUT2D eigenvalue weighted by Gasteiger charge is -2.14. The SMILES string of the molecule is C[C@H](Oc1cnccc1C#N)c1ccccn1. The van der Waals surface area contributed by atoms with E-state index in [1.165, 1.54) is 6.20 Å². The molecule has 0 unspecified atom stereocenters. The molecule has 2 aromatic heterocycles. The van der Waals surface area contributed by atoms with E-state index >= 15 is 0 Å². The predicted octanol–water partition coefficient (Wildman–Crippen LogP) is 2.49. The number of nitrogens with zero attached hydrogens (tertiary/aromatic N) is 3. The molecule has 0 fully saturated rings. The van der Waals surface area contributed by atoms with Crippen LogP contribution < -0.4 is 4.74 Å². The Bertz CT molecular complexity index is 534. The Kier molecular flexibility index (Phi) is 3.31. The number of hydrogen-bond donors (Lipinski definition) is 0.